The standard InChI is InChI=1S/C13H10FNO/c14-12-6-4-5-11(9-12)10-15(16)13-7-2-1-3-8-13/h1-10H. The second-order valence-corrected chi connectivity index (χ2v) is 3.35. The fraction of sp³-hybridized carbons (Fsp3) is 0. The van der Waals surface area contributed by atoms with E-state index in [0.29, 0.717) is 11.3 Å². The third kappa shape index (κ3) is 2.45. The minimum absolute atomic E-state index is 0.352. The van der Waals surface area contributed by atoms with E-state index >= 15 is 0 Å². The van der Waals surface area contributed by atoms with Crippen molar-refractivity contribution in [3.63, 3.8) is 0 Å². The summed E-state index contributed by atoms with van der Waals surface area (Å²) < 4.78 is 13.6. The number of hydrogen-bond donors (Lipinski definition) is 0. The van der Waals surface area contributed by atoms with Crippen molar-refractivity contribution >= 4 is 11.9 Å². The number of nitrogens with zero attached hydrogens (tertiary/aromatic N) is 1. The van der Waals surface area contributed by atoms with E-state index in [1.165, 1.54) is 18.3 Å². The van der Waals surface area contributed by atoms with E-state index in [9.17, 15) is 9.60 Å². The molecule has 0 heterocycles. The van der Waals surface area contributed by atoms with Crippen LogP contribution in [0.2, 0.25) is 0 Å². The first-order valence-electron chi connectivity index (χ1n) is 4.87. The Bertz CT molecular complexity index is 508. The third-order valence-corrected chi connectivity index (χ3v) is 2.13. The lowest BCUT2D eigenvalue weighted by Crippen LogP contribution is -1.98. The second kappa shape index (κ2) is 4.57. The summed E-state index contributed by atoms with van der Waals surface area (Å²) in [5, 5.41) is 11.7. The Labute approximate surface area is 92.9 Å². The van der Waals surface area contributed by atoms with Crippen LogP contribution in [-0.2, 0) is 0 Å². The lowest BCUT2D eigenvalue weighted by molar-refractivity contribution is -0.354. The molecule has 0 aliphatic rings. The highest BCUT2D eigenvalue weighted by molar-refractivity contribution is 5.76. The zero-order valence-corrected chi connectivity index (χ0v) is 8.51. The smallest absolute Gasteiger partial charge is 0.216 e. The maximum absolute atomic E-state index is 12.9. The van der Waals surface area contributed by atoms with Crippen LogP contribution in [0.5, 0.6) is 0 Å². The Kier molecular flexibility index (Phi) is 2.96. The molecular weight excluding hydrogens is 205 g/mol. The van der Waals surface area contributed by atoms with E-state index in [4.69, 9.17) is 0 Å². The number of rotatable bonds is 2. The fourth-order valence-electron chi connectivity index (χ4n) is 1.37. The summed E-state index contributed by atoms with van der Waals surface area (Å²) in [5.41, 5.74) is 1.06. The summed E-state index contributed by atoms with van der Waals surface area (Å²) in [6.45, 7) is 0. The molecule has 0 spiro atoms. The molecule has 0 bridgehead atoms. The van der Waals surface area contributed by atoms with Crippen LogP contribution in [0, 0.1) is 11.0 Å². The Morgan fingerprint density at radius 1 is 1.00 bits per heavy atom. The molecule has 0 radical (unpaired) electrons. The van der Waals surface area contributed by atoms with Crippen LogP contribution in [0.4, 0.5) is 10.1 Å². The summed E-state index contributed by atoms with van der Waals surface area (Å²) in [4.78, 5) is 0. The maximum Gasteiger partial charge on any atom is 0.216 e. The summed E-state index contributed by atoms with van der Waals surface area (Å²) >= 11 is 0. The van der Waals surface area contributed by atoms with E-state index in [1.54, 1.807) is 36.4 Å². The molecule has 80 valence electrons. The van der Waals surface area contributed by atoms with Crippen LogP contribution in [0.1, 0.15) is 5.56 Å². The molecule has 0 N–H and O–H groups in total. The minimum Gasteiger partial charge on any atom is -0.618 e. The van der Waals surface area contributed by atoms with Gasteiger partial charge in [0.05, 0.1) is 0 Å². The van der Waals surface area contributed by atoms with Gasteiger partial charge in [0.15, 0.2) is 6.21 Å². The molecule has 0 amide bonds. The topological polar surface area (TPSA) is 26.1 Å². The van der Waals surface area contributed by atoms with Gasteiger partial charge in [-0.3, -0.25) is 0 Å². The molecule has 0 saturated carbocycles. The monoisotopic (exact) mass is 215 g/mol. The summed E-state index contributed by atoms with van der Waals surface area (Å²) in [6, 6.07) is 14.7. The highest BCUT2D eigenvalue weighted by Crippen LogP contribution is 2.09. The van der Waals surface area contributed by atoms with Gasteiger partial charge in [0.25, 0.3) is 0 Å². The van der Waals surface area contributed by atoms with E-state index < -0.39 is 0 Å². The number of hydrogen-bond acceptors (Lipinski definition) is 1. The molecule has 16 heavy (non-hydrogen) atoms. The predicted molar refractivity (Wildman–Crippen MR) is 61.3 cm³/mol. The zero-order chi connectivity index (χ0) is 11.4. The van der Waals surface area contributed by atoms with Crippen LogP contribution in [-0.4, -0.2) is 11.0 Å². The van der Waals surface area contributed by atoms with Crippen LogP contribution in [0.3, 0.4) is 0 Å². The largest absolute Gasteiger partial charge is 0.618 e. The molecular formula is C13H10FNO. The van der Waals surface area contributed by atoms with Crippen molar-refractivity contribution in [3.05, 3.63) is 71.2 Å². The van der Waals surface area contributed by atoms with E-state index in [-0.39, 0.29) is 5.82 Å². The van der Waals surface area contributed by atoms with Crippen molar-refractivity contribution in [1.82, 2.24) is 0 Å². The van der Waals surface area contributed by atoms with Gasteiger partial charge in [0.1, 0.15) is 5.82 Å². The lowest BCUT2D eigenvalue weighted by Gasteiger charge is -2.02. The van der Waals surface area contributed by atoms with Gasteiger partial charge in [-0.05, 0) is 18.2 Å². The van der Waals surface area contributed by atoms with Gasteiger partial charge in [-0.15, -0.1) is 0 Å². The summed E-state index contributed by atoms with van der Waals surface area (Å²) in [5.74, 6) is -0.352. The van der Waals surface area contributed by atoms with Crippen LogP contribution < -0.4 is 0 Å². The SMILES string of the molecule is [O-][N+](=Cc1cccc(F)c1)c1ccccc1. The van der Waals surface area contributed by atoms with Gasteiger partial charge >= 0.3 is 0 Å². The average molecular weight is 215 g/mol. The van der Waals surface area contributed by atoms with Crippen molar-refractivity contribution in [2.45, 2.75) is 0 Å². The van der Waals surface area contributed by atoms with E-state index in [1.807, 2.05) is 6.07 Å². The summed E-state index contributed by atoms with van der Waals surface area (Å²) in [7, 11) is 0. The molecule has 0 saturated heterocycles. The van der Waals surface area contributed by atoms with Crippen molar-refractivity contribution in [2.24, 2.45) is 0 Å². The summed E-state index contributed by atoms with van der Waals surface area (Å²) in [6.07, 6.45) is 1.35. The van der Waals surface area contributed by atoms with Gasteiger partial charge in [-0.25, -0.2) is 4.39 Å². The molecule has 0 aliphatic carbocycles. The van der Waals surface area contributed by atoms with Crippen LogP contribution >= 0.6 is 0 Å². The van der Waals surface area contributed by atoms with Crippen molar-refractivity contribution in [2.75, 3.05) is 0 Å². The maximum atomic E-state index is 12.9. The Morgan fingerprint density at radius 3 is 2.44 bits per heavy atom. The van der Waals surface area contributed by atoms with E-state index in [0.717, 1.165) is 4.74 Å². The first-order chi connectivity index (χ1) is 7.75. The number of halogens is 1. The number of para-hydroxylation sites is 1. The highest BCUT2D eigenvalue weighted by atomic mass is 19.1. The molecule has 2 rings (SSSR count). The lowest BCUT2D eigenvalue weighted by atomic mass is 10.2. The first kappa shape index (κ1) is 10.4. The Morgan fingerprint density at radius 2 is 1.75 bits per heavy atom. The molecule has 2 aromatic rings. The number of benzene rings is 2. The van der Waals surface area contributed by atoms with Crippen molar-refractivity contribution in [3.8, 4) is 0 Å². The fourth-order valence-corrected chi connectivity index (χ4v) is 1.37. The van der Waals surface area contributed by atoms with Crippen LogP contribution in [0.15, 0.2) is 54.6 Å². The Balaban J connectivity index is 2.32. The zero-order valence-electron chi connectivity index (χ0n) is 8.51. The van der Waals surface area contributed by atoms with Gasteiger partial charge < -0.3 is 5.21 Å². The third-order valence-electron chi connectivity index (χ3n) is 2.13. The Hall–Kier alpha value is -2.16. The molecule has 0 fully saturated rings. The van der Waals surface area contributed by atoms with Crippen molar-refractivity contribution < 1.29 is 9.13 Å². The molecule has 0 aliphatic heterocycles. The van der Waals surface area contributed by atoms with Crippen LogP contribution in [0.25, 0.3) is 0 Å². The quantitative estimate of drug-likeness (QED) is 0.327. The molecule has 3 heteroatoms. The molecule has 0 atom stereocenters. The van der Waals surface area contributed by atoms with Gasteiger partial charge in [-0.2, -0.15) is 4.74 Å². The predicted octanol–water partition coefficient (Wildman–Crippen LogP) is 3.09. The van der Waals surface area contributed by atoms with Crippen molar-refractivity contribution in [1.29, 1.82) is 0 Å². The van der Waals surface area contributed by atoms with Gasteiger partial charge in [0, 0.05) is 17.7 Å². The van der Waals surface area contributed by atoms with Gasteiger partial charge in [0.2, 0.25) is 5.69 Å². The van der Waals surface area contributed by atoms with Gasteiger partial charge in [-0.1, -0.05) is 24.3 Å². The average Bonchev–Trinajstić information content (AvgIpc) is 2.30. The molecule has 2 nitrogen and oxygen atoms in total. The minimum atomic E-state index is -0.352. The van der Waals surface area contributed by atoms with E-state index in [2.05, 4.69) is 0 Å². The molecule has 0 unspecified atom stereocenters. The second-order valence-electron chi connectivity index (χ2n) is 3.35. The molecule has 0 aromatic heterocycles. The molecule has 2 aromatic carbocycles. The first-order valence-corrected chi connectivity index (χ1v) is 4.87. The normalized spacial score (nSPS) is 11.4. The highest BCUT2D eigenvalue weighted by Gasteiger charge is 2.00.